The molecule has 1 N–H and O–H groups in total. The Morgan fingerprint density at radius 1 is 1.25 bits per heavy atom. The predicted molar refractivity (Wildman–Crippen MR) is 88.9 cm³/mol. The zero-order valence-electron chi connectivity index (χ0n) is 13.5. The third-order valence-corrected chi connectivity index (χ3v) is 3.83. The number of methoxy groups -OCH3 is 1. The van der Waals surface area contributed by atoms with E-state index in [0.29, 0.717) is 30.0 Å². The number of amides is 1. The zero-order chi connectivity index (χ0) is 17.1. The van der Waals surface area contributed by atoms with Crippen LogP contribution in [0.5, 0.6) is 5.75 Å². The third-order valence-electron chi connectivity index (χ3n) is 3.83. The Kier molecular flexibility index (Phi) is 4.46. The highest BCUT2D eigenvalue weighted by Crippen LogP contribution is 2.14. The average Bonchev–Trinajstić information content (AvgIpc) is 2.90. The number of rotatable bonds is 5. The normalized spacial score (nSPS) is 10.8. The first-order valence-corrected chi connectivity index (χ1v) is 7.64. The van der Waals surface area contributed by atoms with Gasteiger partial charge in [-0.05, 0) is 43.2 Å². The number of benzene rings is 1. The van der Waals surface area contributed by atoms with Crippen molar-refractivity contribution in [1.29, 1.82) is 0 Å². The van der Waals surface area contributed by atoms with Crippen LogP contribution in [0, 0.1) is 12.7 Å². The molecule has 5 nitrogen and oxygen atoms in total. The van der Waals surface area contributed by atoms with Crippen molar-refractivity contribution >= 4 is 11.6 Å². The summed E-state index contributed by atoms with van der Waals surface area (Å²) in [6.45, 7) is 2.22. The first-order chi connectivity index (χ1) is 11.6. The predicted octanol–water partition coefficient (Wildman–Crippen LogP) is 2.76. The summed E-state index contributed by atoms with van der Waals surface area (Å²) in [5.74, 6) is 0.123. The number of carbonyl (C=O) groups is 1. The molecule has 24 heavy (non-hydrogen) atoms. The van der Waals surface area contributed by atoms with Crippen molar-refractivity contribution in [3.8, 4) is 5.75 Å². The Balaban J connectivity index is 1.68. The SMILES string of the molecule is COc1ccc(CCNC(=O)c2c(C)nc3ccc(F)cn23)cc1. The maximum atomic E-state index is 13.4. The quantitative estimate of drug-likeness (QED) is 0.784. The molecule has 0 aliphatic heterocycles. The lowest BCUT2D eigenvalue weighted by molar-refractivity contribution is 0.0947. The Labute approximate surface area is 139 Å². The number of imidazole rings is 1. The number of aryl methyl sites for hydroxylation is 1. The summed E-state index contributed by atoms with van der Waals surface area (Å²) >= 11 is 0. The highest BCUT2D eigenvalue weighted by molar-refractivity contribution is 5.94. The van der Waals surface area contributed by atoms with E-state index in [0.717, 1.165) is 11.3 Å². The molecule has 0 atom stereocenters. The molecule has 0 aliphatic carbocycles. The third kappa shape index (κ3) is 3.22. The molecule has 2 aromatic heterocycles. The van der Waals surface area contributed by atoms with Crippen molar-refractivity contribution in [2.24, 2.45) is 0 Å². The van der Waals surface area contributed by atoms with Gasteiger partial charge in [-0.15, -0.1) is 0 Å². The smallest absolute Gasteiger partial charge is 0.270 e. The lowest BCUT2D eigenvalue weighted by Gasteiger charge is -2.07. The highest BCUT2D eigenvalue weighted by atomic mass is 19.1. The van der Waals surface area contributed by atoms with Crippen molar-refractivity contribution in [2.75, 3.05) is 13.7 Å². The van der Waals surface area contributed by atoms with Crippen LogP contribution in [0.1, 0.15) is 21.7 Å². The fraction of sp³-hybridized carbons (Fsp3) is 0.222. The molecule has 0 fully saturated rings. The molecule has 0 saturated carbocycles. The molecule has 124 valence electrons. The van der Waals surface area contributed by atoms with Crippen LogP contribution in [-0.4, -0.2) is 28.9 Å². The summed E-state index contributed by atoms with van der Waals surface area (Å²) < 4.78 is 20.0. The summed E-state index contributed by atoms with van der Waals surface area (Å²) in [7, 11) is 1.62. The number of hydrogen-bond donors (Lipinski definition) is 1. The second-order valence-corrected chi connectivity index (χ2v) is 5.48. The number of fused-ring (bicyclic) bond motifs is 1. The van der Waals surface area contributed by atoms with E-state index in [-0.39, 0.29) is 5.91 Å². The molecule has 0 bridgehead atoms. The minimum Gasteiger partial charge on any atom is -0.497 e. The molecule has 6 heteroatoms. The molecule has 0 aliphatic rings. The summed E-state index contributed by atoms with van der Waals surface area (Å²) in [6.07, 6.45) is 1.97. The Bertz CT molecular complexity index is 872. The number of aromatic nitrogens is 2. The Morgan fingerprint density at radius 3 is 2.71 bits per heavy atom. The Morgan fingerprint density at radius 2 is 2.00 bits per heavy atom. The minimum absolute atomic E-state index is 0.265. The molecule has 0 radical (unpaired) electrons. The largest absolute Gasteiger partial charge is 0.497 e. The van der Waals surface area contributed by atoms with Crippen molar-refractivity contribution in [3.05, 3.63) is 65.4 Å². The highest BCUT2D eigenvalue weighted by Gasteiger charge is 2.16. The Hall–Kier alpha value is -2.89. The van der Waals surface area contributed by atoms with Crippen LogP contribution in [0.2, 0.25) is 0 Å². The van der Waals surface area contributed by atoms with Crippen LogP contribution in [0.15, 0.2) is 42.6 Å². The fourth-order valence-electron chi connectivity index (χ4n) is 2.61. The molecule has 1 aromatic carbocycles. The second-order valence-electron chi connectivity index (χ2n) is 5.48. The van der Waals surface area contributed by atoms with E-state index in [1.54, 1.807) is 20.1 Å². The fourth-order valence-corrected chi connectivity index (χ4v) is 2.61. The molecule has 3 aromatic rings. The van der Waals surface area contributed by atoms with Crippen LogP contribution in [0.4, 0.5) is 4.39 Å². The lowest BCUT2D eigenvalue weighted by Crippen LogP contribution is -2.27. The van der Waals surface area contributed by atoms with E-state index < -0.39 is 5.82 Å². The van der Waals surface area contributed by atoms with Gasteiger partial charge < -0.3 is 10.1 Å². The summed E-state index contributed by atoms with van der Waals surface area (Å²) in [4.78, 5) is 16.7. The number of hydrogen-bond acceptors (Lipinski definition) is 3. The number of carbonyl (C=O) groups excluding carboxylic acids is 1. The zero-order valence-corrected chi connectivity index (χ0v) is 13.5. The van der Waals surface area contributed by atoms with Gasteiger partial charge in [0.05, 0.1) is 12.8 Å². The number of ether oxygens (including phenoxy) is 1. The number of nitrogens with zero attached hydrogens (tertiary/aromatic N) is 2. The summed E-state index contributed by atoms with van der Waals surface area (Å²) in [6, 6.07) is 10.6. The van der Waals surface area contributed by atoms with Crippen molar-refractivity contribution in [3.63, 3.8) is 0 Å². The molecule has 1 amide bonds. The lowest BCUT2D eigenvalue weighted by atomic mass is 10.1. The number of halogens is 1. The van der Waals surface area contributed by atoms with E-state index in [4.69, 9.17) is 4.74 Å². The van der Waals surface area contributed by atoms with E-state index in [1.807, 2.05) is 24.3 Å². The van der Waals surface area contributed by atoms with Crippen LogP contribution in [0.25, 0.3) is 5.65 Å². The van der Waals surface area contributed by atoms with Gasteiger partial charge in [-0.3, -0.25) is 9.20 Å². The van der Waals surface area contributed by atoms with Crippen LogP contribution in [0.3, 0.4) is 0 Å². The van der Waals surface area contributed by atoms with Crippen LogP contribution < -0.4 is 10.1 Å². The van der Waals surface area contributed by atoms with Gasteiger partial charge in [-0.25, -0.2) is 9.37 Å². The van der Waals surface area contributed by atoms with Gasteiger partial charge in [0.25, 0.3) is 5.91 Å². The minimum atomic E-state index is -0.410. The van der Waals surface area contributed by atoms with Gasteiger partial charge in [0.2, 0.25) is 0 Å². The molecular weight excluding hydrogens is 309 g/mol. The van der Waals surface area contributed by atoms with Crippen molar-refractivity contribution < 1.29 is 13.9 Å². The van der Waals surface area contributed by atoms with Gasteiger partial charge in [-0.2, -0.15) is 0 Å². The average molecular weight is 327 g/mol. The summed E-state index contributed by atoms with van der Waals surface area (Å²) in [5.41, 5.74) is 2.58. The first kappa shape index (κ1) is 16.0. The van der Waals surface area contributed by atoms with Gasteiger partial charge in [0.1, 0.15) is 22.9 Å². The molecule has 0 unspecified atom stereocenters. The van der Waals surface area contributed by atoms with Gasteiger partial charge >= 0.3 is 0 Å². The standard InChI is InChI=1S/C18H18FN3O2/c1-12-17(22-11-14(19)5-8-16(22)21-12)18(23)20-10-9-13-3-6-15(24-2)7-4-13/h3-8,11H,9-10H2,1-2H3,(H,20,23). The van der Waals surface area contributed by atoms with Gasteiger partial charge in [0.15, 0.2) is 0 Å². The van der Waals surface area contributed by atoms with Crippen molar-refractivity contribution in [1.82, 2.24) is 14.7 Å². The van der Waals surface area contributed by atoms with E-state index in [2.05, 4.69) is 10.3 Å². The van der Waals surface area contributed by atoms with E-state index >= 15 is 0 Å². The molecule has 0 spiro atoms. The molecule has 3 rings (SSSR count). The first-order valence-electron chi connectivity index (χ1n) is 7.64. The van der Waals surface area contributed by atoms with E-state index in [1.165, 1.54) is 16.7 Å². The maximum Gasteiger partial charge on any atom is 0.270 e. The molecule has 2 heterocycles. The van der Waals surface area contributed by atoms with Crippen LogP contribution >= 0.6 is 0 Å². The molecular formula is C18H18FN3O2. The maximum absolute atomic E-state index is 13.4. The van der Waals surface area contributed by atoms with Gasteiger partial charge in [0, 0.05) is 12.7 Å². The van der Waals surface area contributed by atoms with E-state index in [9.17, 15) is 9.18 Å². The van der Waals surface area contributed by atoms with Gasteiger partial charge in [-0.1, -0.05) is 12.1 Å². The topological polar surface area (TPSA) is 55.6 Å². The monoisotopic (exact) mass is 327 g/mol. The number of pyridine rings is 1. The molecule has 0 saturated heterocycles. The number of nitrogens with one attached hydrogen (secondary N) is 1. The summed E-state index contributed by atoms with van der Waals surface area (Å²) in [5, 5.41) is 2.86. The second kappa shape index (κ2) is 6.70. The van der Waals surface area contributed by atoms with Crippen LogP contribution in [-0.2, 0) is 6.42 Å². The van der Waals surface area contributed by atoms with Crippen molar-refractivity contribution in [2.45, 2.75) is 13.3 Å².